The Morgan fingerprint density at radius 1 is 1.36 bits per heavy atom. The second-order valence-electron chi connectivity index (χ2n) is 5.78. The molecule has 0 aromatic heterocycles. The highest BCUT2D eigenvalue weighted by molar-refractivity contribution is 5.81. The second-order valence-corrected chi connectivity index (χ2v) is 5.78. The van der Waals surface area contributed by atoms with E-state index >= 15 is 0 Å². The fourth-order valence-electron chi connectivity index (χ4n) is 3.28. The van der Waals surface area contributed by atoms with Crippen molar-refractivity contribution in [2.24, 2.45) is 0 Å². The van der Waals surface area contributed by atoms with E-state index in [1.54, 1.807) is 7.11 Å². The van der Waals surface area contributed by atoms with E-state index in [4.69, 9.17) is 14.2 Å². The van der Waals surface area contributed by atoms with Crippen LogP contribution in [0.3, 0.4) is 0 Å². The molecule has 0 saturated carbocycles. The maximum Gasteiger partial charge on any atom is 0.254 e. The first-order valence-electron chi connectivity index (χ1n) is 7.91. The minimum atomic E-state index is -0.438. The molecule has 1 aromatic carbocycles. The number of para-hydroxylation sites is 1. The van der Waals surface area contributed by atoms with Crippen molar-refractivity contribution < 1.29 is 19.0 Å². The lowest BCUT2D eigenvalue weighted by Crippen LogP contribution is -2.47. The van der Waals surface area contributed by atoms with Crippen LogP contribution in [0.5, 0.6) is 5.75 Å². The Kier molecular flexibility index (Phi) is 4.95. The predicted octanol–water partition coefficient (Wildman–Crippen LogP) is 1.64. The van der Waals surface area contributed by atoms with Crippen molar-refractivity contribution in [3.63, 3.8) is 0 Å². The zero-order valence-corrected chi connectivity index (χ0v) is 13.0. The first-order valence-corrected chi connectivity index (χ1v) is 7.91. The lowest BCUT2D eigenvalue weighted by atomic mass is 10.0. The Morgan fingerprint density at radius 2 is 2.23 bits per heavy atom. The van der Waals surface area contributed by atoms with Crippen LogP contribution in [0.15, 0.2) is 24.3 Å². The summed E-state index contributed by atoms with van der Waals surface area (Å²) < 4.78 is 16.3. The SMILES string of the molecule is COc1ccccc1C[C@@H]1CCCN1C(=O)[C@@H]1COCCO1. The Balaban J connectivity index is 1.68. The van der Waals surface area contributed by atoms with Gasteiger partial charge in [-0.3, -0.25) is 4.79 Å². The molecule has 22 heavy (non-hydrogen) atoms. The number of carbonyl (C=O) groups is 1. The molecule has 1 aromatic rings. The number of rotatable bonds is 4. The molecule has 120 valence electrons. The number of hydrogen-bond donors (Lipinski definition) is 0. The van der Waals surface area contributed by atoms with Crippen LogP contribution in [0.25, 0.3) is 0 Å². The van der Waals surface area contributed by atoms with Crippen LogP contribution in [0.4, 0.5) is 0 Å². The molecular formula is C17H23NO4. The molecule has 2 fully saturated rings. The van der Waals surface area contributed by atoms with Gasteiger partial charge in [-0.15, -0.1) is 0 Å². The molecule has 1 amide bonds. The van der Waals surface area contributed by atoms with Crippen LogP contribution >= 0.6 is 0 Å². The highest BCUT2D eigenvalue weighted by Gasteiger charge is 2.35. The first kappa shape index (κ1) is 15.3. The van der Waals surface area contributed by atoms with Crippen molar-refractivity contribution in [2.75, 3.05) is 33.5 Å². The summed E-state index contributed by atoms with van der Waals surface area (Å²) in [6, 6.07) is 8.23. The van der Waals surface area contributed by atoms with Crippen LogP contribution in [0, 0.1) is 0 Å². The number of nitrogens with zero attached hydrogens (tertiary/aromatic N) is 1. The molecule has 5 nitrogen and oxygen atoms in total. The molecule has 5 heteroatoms. The van der Waals surface area contributed by atoms with Gasteiger partial charge in [0.05, 0.1) is 26.9 Å². The zero-order chi connectivity index (χ0) is 15.4. The van der Waals surface area contributed by atoms with E-state index in [1.165, 1.54) is 0 Å². The third-order valence-electron chi connectivity index (χ3n) is 4.40. The smallest absolute Gasteiger partial charge is 0.254 e. The molecule has 3 rings (SSSR count). The van der Waals surface area contributed by atoms with E-state index < -0.39 is 6.10 Å². The molecular weight excluding hydrogens is 282 g/mol. The van der Waals surface area contributed by atoms with Gasteiger partial charge in [0.25, 0.3) is 5.91 Å². The lowest BCUT2D eigenvalue weighted by Gasteiger charge is -2.31. The van der Waals surface area contributed by atoms with E-state index in [1.807, 2.05) is 23.1 Å². The summed E-state index contributed by atoms with van der Waals surface area (Å²) in [4.78, 5) is 14.6. The molecule has 2 atom stereocenters. The average Bonchev–Trinajstić information content (AvgIpc) is 3.03. The number of ether oxygens (including phenoxy) is 3. The minimum absolute atomic E-state index is 0.0668. The summed E-state index contributed by atoms with van der Waals surface area (Å²) in [7, 11) is 1.68. The summed E-state index contributed by atoms with van der Waals surface area (Å²) in [6.07, 6.45) is 2.45. The fraction of sp³-hybridized carbons (Fsp3) is 0.588. The highest BCUT2D eigenvalue weighted by atomic mass is 16.6. The molecule has 0 spiro atoms. The van der Waals surface area contributed by atoms with Crippen LogP contribution < -0.4 is 4.74 Å². The van der Waals surface area contributed by atoms with Crippen LogP contribution in [-0.4, -0.2) is 56.4 Å². The molecule has 0 unspecified atom stereocenters. The van der Waals surface area contributed by atoms with E-state index in [0.29, 0.717) is 19.8 Å². The standard InChI is InChI=1S/C17H23NO4/c1-20-15-7-3-2-5-13(15)11-14-6-4-8-18(14)17(19)16-12-21-9-10-22-16/h2-3,5,7,14,16H,4,6,8-12H2,1H3/t14-,16-/m0/s1. The third-order valence-corrected chi connectivity index (χ3v) is 4.40. The van der Waals surface area contributed by atoms with Gasteiger partial charge in [0.15, 0.2) is 6.10 Å². The van der Waals surface area contributed by atoms with Gasteiger partial charge >= 0.3 is 0 Å². The minimum Gasteiger partial charge on any atom is -0.496 e. The number of benzene rings is 1. The summed E-state index contributed by atoms with van der Waals surface area (Å²) in [5.74, 6) is 0.955. The van der Waals surface area contributed by atoms with Gasteiger partial charge in [0.2, 0.25) is 0 Å². The van der Waals surface area contributed by atoms with E-state index in [9.17, 15) is 4.79 Å². The first-order chi connectivity index (χ1) is 10.8. The zero-order valence-electron chi connectivity index (χ0n) is 13.0. The summed E-state index contributed by atoms with van der Waals surface area (Å²) in [5, 5.41) is 0. The van der Waals surface area contributed by atoms with Gasteiger partial charge in [-0.25, -0.2) is 0 Å². The van der Waals surface area contributed by atoms with Crippen molar-refractivity contribution in [1.29, 1.82) is 0 Å². The normalized spacial score (nSPS) is 25.2. The van der Waals surface area contributed by atoms with Gasteiger partial charge < -0.3 is 19.1 Å². The number of hydrogen-bond acceptors (Lipinski definition) is 4. The Morgan fingerprint density at radius 3 is 3.00 bits per heavy atom. The maximum absolute atomic E-state index is 12.6. The predicted molar refractivity (Wildman–Crippen MR) is 82.0 cm³/mol. The van der Waals surface area contributed by atoms with Gasteiger partial charge in [0.1, 0.15) is 5.75 Å². The summed E-state index contributed by atoms with van der Waals surface area (Å²) >= 11 is 0. The monoisotopic (exact) mass is 305 g/mol. The fourth-order valence-corrected chi connectivity index (χ4v) is 3.28. The van der Waals surface area contributed by atoms with E-state index in [2.05, 4.69) is 6.07 Å². The molecule has 2 saturated heterocycles. The Labute approximate surface area is 131 Å². The van der Waals surface area contributed by atoms with Gasteiger partial charge in [-0.2, -0.15) is 0 Å². The van der Waals surface area contributed by atoms with Crippen LogP contribution in [0.1, 0.15) is 18.4 Å². The Bertz CT molecular complexity index is 513. The lowest BCUT2D eigenvalue weighted by molar-refractivity contribution is -0.158. The van der Waals surface area contributed by atoms with Crippen molar-refractivity contribution in [1.82, 2.24) is 4.90 Å². The van der Waals surface area contributed by atoms with Crippen LogP contribution in [-0.2, 0) is 20.7 Å². The number of amides is 1. The van der Waals surface area contributed by atoms with E-state index in [0.717, 1.165) is 37.1 Å². The molecule has 0 bridgehead atoms. The van der Waals surface area contributed by atoms with Crippen molar-refractivity contribution in [3.05, 3.63) is 29.8 Å². The van der Waals surface area contributed by atoms with Gasteiger partial charge in [-0.05, 0) is 30.9 Å². The van der Waals surface area contributed by atoms with Gasteiger partial charge in [-0.1, -0.05) is 18.2 Å². The number of likely N-dealkylation sites (tertiary alicyclic amines) is 1. The largest absolute Gasteiger partial charge is 0.496 e. The van der Waals surface area contributed by atoms with Gasteiger partial charge in [0, 0.05) is 12.6 Å². The van der Waals surface area contributed by atoms with Crippen molar-refractivity contribution >= 4 is 5.91 Å². The molecule has 0 aliphatic carbocycles. The average molecular weight is 305 g/mol. The third kappa shape index (κ3) is 3.25. The molecule has 0 radical (unpaired) electrons. The second kappa shape index (κ2) is 7.11. The quantitative estimate of drug-likeness (QED) is 0.848. The summed E-state index contributed by atoms with van der Waals surface area (Å²) in [6.45, 7) is 2.26. The maximum atomic E-state index is 12.6. The number of methoxy groups -OCH3 is 1. The van der Waals surface area contributed by atoms with E-state index in [-0.39, 0.29) is 11.9 Å². The Hall–Kier alpha value is -1.59. The topological polar surface area (TPSA) is 48.0 Å². The molecule has 2 aliphatic rings. The van der Waals surface area contributed by atoms with Crippen molar-refractivity contribution in [2.45, 2.75) is 31.4 Å². The highest BCUT2D eigenvalue weighted by Crippen LogP contribution is 2.27. The van der Waals surface area contributed by atoms with Crippen molar-refractivity contribution in [3.8, 4) is 5.75 Å². The molecule has 2 aliphatic heterocycles. The molecule has 2 heterocycles. The number of carbonyl (C=O) groups excluding carboxylic acids is 1. The summed E-state index contributed by atoms with van der Waals surface area (Å²) in [5.41, 5.74) is 1.15. The molecule has 0 N–H and O–H groups in total. The van der Waals surface area contributed by atoms with Crippen LogP contribution in [0.2, 0.25) is 0 Å².